The van der Waals surface area contributed by atoms with Crippen LogP contribution < -0.4 is 20.7 Å². The second-order valence-corrected chi connectivity index (χ2v) is 5.88. The molecule has 2 rings (SSSR count). The van der Waals surface area contributed by atoms with E-state index in [9.17, 15) is 35.9 Å². The number of rotatable bonds is 6. The van der Waals surface area contributed by atoms with Gasteiger partial charge in [0.25, 0.3) is 0 Å². The molecule has 3 N–H and O–H groups in total. The molecule has 168 valence electrons. The molecule has 7 nitrogen and oxygen atoms in total. The van der Waals surface area contributed by atoms with Crippen molar-refractivity contribution in [3.63, 3.8) is 0 Å². The van der Waals surface area contributed by atoms with Crippen LogP contribution >= 0.6 is 0 Å². The highest BCUT2D eigenvalue weighted by molar-refractivity contribution is 5.96. The molecule has 0 aliphatic carbocycles. The topological polar surface area (TPSA) is 88.7 Å². The maximum atomic E-state index is 13.9. The van der Waals surface area contributed by atoms with Crippen molar-refractivity contribution in [3.8, 4) is 5.75 Å². The first-order valence-electron chi connectivity index (χ1n) is 8.29. The lowest BCUT2D eigenvalue weighted by Gasteiger charge is -2.35. The van der Waals surface area contributed by atoms with Crippen LogP contribution in [0.3, 0.4) is 0 Å². The zero-order chi connectivity index (χ0) is 23.3. The summed E-state index contributed by atoms with van der Waals surface area (Å²) in [5, 5.41) is 5.41. The van der Waals surface area contributed by atoms with E-state index >= 15 is 0 Å². The number of alkyl halides is 6. The molecule has 0 bridgehead atoms. The minimum Gasteiger partial charge on any atom is -0.466 e. The number of benzene rings is 2. The van der Waals surface area contributed by atoms with Crippen LogP contribution in [0.15, 0.2) is 54.6 Å². The van der Waals surface area contributed by atoms with E-state index < -0.39 is 36.0 Å². The predicted molar refractivity (Wildman–Crippen MR) is 96.1 cm³/mol. The summed E-state index contributed by atoms with van der Waals surface area (Å²) in [6.45, 7) is 0. The lowest BCUT2D eigenvalue weighted by atomic mass is 10.1. The molecule has 2 aromatic rings. The van der Waals surface area contributed by atoms with Crippen LogP contribution in [-0.2, 0) is 9.53 Å². The van der Waals surface area contributed by atoms with E-state index in [-0.39, 0.29) is 11.4 Å². The average Bonchev–Trinajstić information content (AvgIpc) is 2.67. The zero-order valence-electron chi connectivity index (χ0n) is 15.6. The molecule has 2 aromatic carbocycles. The molecule has 0 aliphatic heterocycles. The Morgan fingerprint density at radius 1 is 0.839 bits per heavy atom. The summed E-state index contributed by atoms with van der Waals surface area (Å²) < 4.78 is 86.1. The third kappa shape index (κ3) is 6.17. The lowest BCUT2D eigenvalue weighted by molar-refractivity contribution is -0.274. The summed E-state index contributed by atoms with van der Waals surface area (Å²) in [5.41, 5.74) is -3.99. The van der Waals surface area contributed by atoms with Gasteiger partial charge in [-0.05, 0) is 36.4 Å². The van der Waals surface area contributed by atoms with Crippen molar-refractivity contribution in [3.05, 3.63) is 54.6 Å². The van der Waals surface area contributed by atoms with E-state index in [4.69, 9.17) is 0 Å². The molecule has 0 aliphatic rings. The fourth-order valence-electron chi connectivity index (χ4n) is 2.35. The van der Waals surface area contributed by atoms with Crippen molar-refractivity contribution in [1.82, 2.24) is 5.32 Å². The van der Waals surface area contributed by atoms with Gasteiger partial charge in [0.2, 0.25) is 0 Å². The van der Waals surface area contributed by atoms with Gasteiger partial charge in [-0.2, -0.15) is 13.2 Å². The highest BCUT2D eigenvalue weighted by Gasteiger charge is 2.63. The van der Waals surface area contributed by atoms with E-state index in [1.807, 2.05) is 10.6 Å². The first-order valence-corrected chi connectivity index (χ1v) is 8.29. The average molecular weight is 451 g/mol. The van der Waals surface area contributed by atoms with Crippen LogP contribution in [0.5, 0.6) is 5.75 Å². The predicted octanol–water partition coefficient (Wildman–Crippen LogP) is 4.25. The molecular weight excluding hydrogens is 436 g/mol. The van der Waals surface area contributed by atoms with Crippen molar-refractivity contribution in [2.45, 2.75) is 18.2 Å². The third-order valence-corrected chi connectivity index (χ3v) is 3.67. The van der Waals surface area contributed by atoms with Crippen LogP contribution in [-0.4, -0.2) is 37.3 Å². The summed E-state index contributed by atoms with van der Waals surface area (Å²) in [5.74, 6) is -2.46. The highest BCUT2D eigenvalue weighted by Crippen LogP contribution is 2.33. The molecule has 0 fully saturated rings. The lowest BCUT2D eigenvalue weighted by Crippen LogP contribution is -2.69. The minimum absolute atomic E-state index is 0.154. The third-order valence-electron chi connectivity index (χ3n) is 3.67. The second kappa shape index (κ2) is 9.02. The van der Waals surface area contributed by atoms with E-state index in [1.165, 1.54) is 35.6 Å². The highest BCUT2D eigenvalue weighted by atomic mass is 19.4. The number of hydrogen-bond acceptors (Lipinski definition) is 5. The van der Waals surface area contributed by atoms with Crippen LogP contribution in [0.1, 0.15) is 0 Å². The van der Waals surface area contributed by atoms with Gasteiger partial charge in [0, 0.05) is 11.4 Å². The Hall–Kier alpha value is -3.64. The van der Waals surface area contributed by atoms with Gasteiger partial charge in [0.1, 0.15) is 5.75 Å². The van der Waals surface area contributed by atoms with Gasteiger partial charge in [0.05, 0.1) is 7.11 Å². The summed E-state index contributed by atoms with van der Waals surface area (Å²) in [4.78, 5) is 24.3. The number of hydrogen-bond donors (Lipinski definition) is 3. The second-order valence-electron chi connectivity index (χ2n) is 5.88. The number of carbonyl (C=O) groups is 2. The molecule has 0 aromatic heterocycles. The molecule has 0 spiro atoms. The van der Waals surface area contributed by atoms with Gasteiger partial charge in [-0.25, -0.2) is 9.59 Å². The van der Waals surface area contributed by atoms with Crippen LogP contribution in [0.4, 0.5) is 42.5 Å². The van der Waals surface area contributed by atoms with Crippen molar-refractivity contribution in [2.24, 2.45) is 0 Å². The number of para-hydroxylation sites is 1. The summed E-state index contributed by atoms with van der Waals surface area (Å²) in [6.07, 6.45) is -10.3. The first kappa shape index (κ1) is 23.6. The van der Waals surface area contributed by atoms with Crippen molar-refractivity contribution < 1.29 is 45.4 Å². The number of ether oxygens (including phenoxy) is 2. The first-order chi connectivity index (χ1) is 14.4. The smallest absolute Gasteiger partial charge is 0.466 e. The van der Waals surface area contributed by atoms with Gasteiger partial charge >= 0.3 is 30.2 Å². The normalized spacial score (nSPS) is 13.5. The number of halogens is 6. The standard InChI is InChI=1S/C18H15F6N3O4/c1-30-14(28)16(17(19,20)21,26-12-5-3-2-4-6-12)27-15(29)25-11-7-9-13(10-8-11)31-18(22,23)24/h2-10,26H,1H3,(H2,25,27,29)/t16-/m1/s1. The fourth-order valence-corrected chi connectivity index (χ4v) is 2.35. The van der Waals surface area contributed by atoms with Gasteiger partial charge in [-0.3, -0.25) is 5.32 Å². The summed E-state index contributed by atoms with van der Waals surface area (Å²) >= 11 is 0. The van der Waals surface area contributed by atoms with Gasteiger partial charge < -0.3 is 20.1 Å². The largest absolute Gasteiger partial charge is 0.573 e. The van der Waals surface area contributed by atoms with Crippen molar-refractivity contribution in [2.75, 3.05) is 17.7 Å². The summed E-state index contributed by atoms with van der Waals surface area (Å²) in [6, 6.07) is 8.85. The Morgan fingerprint density at radius 2 is 1.42 bits per heavy atom. The zero-order valence-corrected chi connectivity index (χ0v) is 15.6. The molecule has 13 heteroatoms. The molecule has 0 unspecified atom stereocenters. The molecule has 31 heavy (non-hydrogen) atoms. The molecule has 2 amide bonds. The van der Waals surface area contributed by atoms with Gasteiger partial charge in [0.15, 0.2) is 0 Å². The Labute approximate surface area is 171 Å². The van der Waals surface area contributed by atoms with Gasteiger partial charge in [-0.1, -0.05) is 18.2 Å². The van der Waals surface area contributed by atoms with Crippen LogP contribution in [0.25, 0.3) is 0 Å². The van der Waals surface area contributed by atoms with E-state index in [0.29, 0.717) is 7.11 Å². The number of amides is 2. The number of methoxy groups -OCH3 is 1. The SMILES string of the molecule is COC(=O)[C@](NC(=O)Nc1ccc(OC(F)(F)F)cc1)(Nc1ccccc1)C(F)(F)F. The van der Waals surface area contributed by atoms with Gasteiger partial charge in [-0.15, -0.1) is 13.2 Å². The summed E-state index contributed by atoms with van der Waals surface area (Å²) in [7, 11) is 0.703. The Balaban J connectivity index is 2.25. The number of carbonyl (C=O) groups excluding carboxylic acids is 2. The Morgan fingerprint density at radius 3 is 1.90 bits per heavy atom. The molecule has 0 saturated heterocycles. The number of urea groups is 1. The quantitative estimate of drug-likeness (QED) is 0.347. The Kier molecular flexibility index (Phi) is 6.88. The van der Waals surface area contributed by atoms with E-state index in [2.05, 4.69) is 9.47 Å². The number of esters is 1. The molecule has 0 radical (unpaired) electrons. The molecular formula is C18H15F6N3O4. The molecule has 1 atom stereocenters. The fraction of sp³-hybridized carbons (Fsp3) is 0.222. The maximum Gasteiger partial charge on any atom is 0.573 e. The molecule has 0 heterocycles. The van der Waals surface area contributed by atoms with Crippen molar-refractivity contribution in [1.29, 1.82) is 0 Å². The monoisotopic (exact) mass is 451 g/mol. The van der Waals surface area contributed by atoms with Crippen LogP contribution in [0, 0.1) is 0 Å². The van der Waals surface area contributed by atoms with E-state index in [0.717, 1.165) is 24.3 Å². The van der Waals surface area contributed by atoms with Crippen LogP contribution in [0.2, 0.25) is 0 Å². The van der Waals surface area contributed by atoms with E-state index in [1.54, 1.807) is 0 Å². The number of nitrogens with one attached hydrogen (secondary N) is 3. The minimum atomic E-state index is -5.35. The van der Waals surface area contributed by atoms with Crippen molar-refractivity contribution >= 4 is 23.4 Å². The Bertz CT molecular complexity index is 903. The maximum absolute atomic E-state index is 13.9. The number of anilines is 2. The molecule has 0 saturated carbocycles.